The molecule has 0 atom stereocenters. The molecule has 9 nitrogen and oxygen atoms in total. The molecule has 1 aliphatic rings. The van der Waals surface area contributed by atoms with Crippen LogP contribution in [0.5, 0.6) is 11.5 Å². The average molecular weight is 667 g/mol. The number of carbonyl (C=O) groups excluding carboxylic acids is 3. The Kier molecular flexibility index (Phi) is 12.3. The molecular weight excluding hydrogens is 636 g/mol. The summed E-state index contributed by atoms with van der Waals surface area (Å²) in [5.41, 5.74) is 2.36. The van der Waals surface area contributed by atoms with E-state index in [2.05, 4.69) is 16.9 Å². The fourth-order valence-corrected chi connectivity index (χ4v) is 5.71. The summed E-state index contributed by atoms with van der Waals surface area (Å²) in [5.74, 6) is -1.51. The third-order valence-corrected chi connectivity index (χ3v) is 7.98. The number of hydrogen-bond donors (Lipinski definition) is 1. The molecule has 0 saturated carbocycles. The Morgan fingerprint density at radius 3 is 2.36 bits per heavy atom. The number of nitriles is 1. The largest absolute Gasteiger partial charge is 0.493 e. The van der Waals surface area contributed by atoms with Crippen molar-refractivity contribution in [2.45, 2.75) is 13.0 Å². The number of nitrogens with one attached hydrogen (secondary N) is 1. The summed E-state index contributed by atoms with van der Waals surface area (Å²) >= 11 is 7.35. The third kappa shape index (κ3) is 8.67. The number of rotatable bonds is 12. The zero-order chi connectivity index (χ0) is 33.8. The lowest BCUT2D eigenvalue weighted by Gasteiger charge is -2.28. The first-order valence-corrected chi connectivity index (χ1v) is 15.7. The van der Waals surface area contributed by atoms with E-state index in [-0.39, 0.29) is 45.5 Å². The highest BCUT2D eigenvalue weighted by atomic mass is 35.5. The van der Waals surface area contributed by atoms with Gasteiger partial charge in [0, 0.05) is 5.70 Å². The quantitative estimate of drug-likeness (QED) is 0.131. The molecule has 3 aromatic rings. The van der Waals surface area contributed by atoms with Crippen molar-refractivity contribution in [2.24, 2.45) is 4.99 Å². The molecule has 47 heavy (non-hydrogen) atoms. The lowest BCUT2D eigenvalue weighted by atomic mass is 9.99. The topological polar surface area (TPSA) is 121 Å². The van der Waals surface area contributed by atoms with Gasteiger partial charge >= 0.3 is 0 Å². The molecule has 3 aromatic carbocycles. The number of allylic oxidation sites excluding steroid dienone is 4. The number of benzene rings is 3. The Balaban J connectivity index is 1.65. The summed E-state index contributed by atoms with van der Waals surface area (Å²) in [5, 5.41) is 12.1. The molecule has 0 saturated heterocycles. The summed E-state index contributed by atoms with van der Waals surface area (Å²) in [6.45, 7) is 5.18. The zero-order valence-corrected chi connectivity index (χ0v) is 27.3. The number of halogens is 1. The van der Waals surface area contributed by atoms with Gasteiger partial charge in [-0.1, -0.05) is 109 Å². The predicted octanol–water partition coefficient (Wildman–Crippen LogP) is 6.64. The molecule has 3 amide bonds. The number of amidine groups is 1. The summed E-state index contributed by atoms with van der Waals surface area (Å²) in [4.78, 5) is 46.1. The van der Waals surface area contributed by atoms with E-state index in [1.54, 1.807) is 31.2 Å². The van der Waals surface area contributed by atoms with Gasteiger partial charge in [0.2, 0.25) is 5.91 Å². The highest BCUT2D eigenvalue weighted by Gasteiger charge is 2.35. The highest BCUT2D eigenvalue weighted by Crippen LogP contribution is 2.37. The SMILES string of the molecule is C=C/C=C\C(=C/C)N1C(=O)/C(=C/c2cc(Cl)c(OCC#N)c(OC)c2)C(=O)N=C1SCC(=O)NC(c1ccccc1)c1ccccc1. The minimum atomic E-state index is -0.788. The first-order chi connectivity index (χ1) is 22.8. The number of thioether (sulfide) groups is 1. The maximum atomic E-state index is 14.0. The van der Waals surface area contributed by atoms with Gasteiger partial charge in [0.25, 0.3) is 11.8 Å². The van der Waals surface area contributed by atoms with Gasteiger partial charge in [0.05, 0.1) is 23.9 Å². The van der Waals surface area contributed by atoms with Crippen LogP contribution in [-0.2, 0) is 14.4 Å². The van der Waals surface area contributed by atoms with Crippen LogP contribution in [-0.4, -0.2) is 47.3 Å². The fraction of sp³-hybridized carbons (Fsp3) is 0.139. The maximum absolute atomic E-state index is 14.0. The summed E-state index contributed by atoms with van der Waals surface area (Å²) in [6.07, 6.45) is 7.88. The van der Waals surface area contributed by atoms with E-state index in [1.165, 1.54) is 30.2 Å². The second-order valence-corrected chi connectivity index (χ2v) is 11.1. The van der Waals surface area contributed by atoms with Gasteiger partial charge in [-0.2, -0.15) is 10.3 Å². The van der Waals surface area contributed by atoms with E-state index in [0.717, 1.165) is 22.9 Å². The standard InChI is InChI=1S/C36H31ClN4O5S/c1-4-6-17-27(5-2)41-35(44)28(20-24-21-29(37)33(46-19-18-38)30(22-24)45-3)34(43)40-36(41)47-23-31(42)39-32(25-13-9-7-10-14-25)26-15-11-8-12-16-26/h4-17,20-22,32H,1,19,23H2,2-3H3,(H,39,42)/b17-6-,27-5+,28-20+. The molecule has 1 aliphatic heterocycles. The number of carbonyl (C=O) groups is 3. The normalized spacial score (nSPS) is 14.3. The second kappa shape index (κ2) is 16.8. The first kappa shape index (κ1) is 34.5. The van der Waals surface area contributed by atoms with Crippen LogP contribution in [0.2, 0.25) is 5.02 Å². The van der Waals surface area contributed by atoms with Crippen molar-refractivity contribution in [3.8, 4) is 17.6 Å². The molecule has 1 N–H and O–H groups in total. The van der Waals surface area contributed by atoms with E-state index in [1.807, 2.05) is 66.7 Å². The van der Waals surface area contributed by atoms with Crippen molar-refractivity contribution in [1.82, 2.24) is 10.2 Å². The Morgan fingerprint density at radius 1 is 1.13 bits per heavy atom. The summed E-state index contributed by atoms with van der Waals surface area (Å²) < 4.78 is 10.7. The number of ether oxygens (including phenoxy) is 2. The monoisotopic (exact) mass is 666 g/mol. The van der Waals surface area contributed by atoms with Crippen LogP contribution >= 0.6 is 23.4 Å². The van der Waals surface area contributed by atoms with Crippen molar-refractivity contribution in [3.05, 3.63) is 137 Å². The Labute approximate surface area is 282 Å². The van der Waals surface area contributed by atoms with E-state index in [9.17, 15) is 14.4 Å². The molecule has 11 heteroatoms. The fourth-order valence-electron chi connectivity index (χ4n) is 4.63. The lowest BCUT2D eigenvalue weighted by molar-refractivity contribution is -0.126. The van der Waals surface area contributed by atoms with Gasteiger partial charge in [-0.25, -0.2) is 0 Å². The number of nitrogens with zero attached hydrogens (tertiary/aromatic N) is 3. The van der Waals surface area contributed by atoms with Gasteiger partial charge < -0.3 is 14.8 Å². The van der Waals surface area contributed by atoms with Gasteiger partial charge in [-0.3, -0.25) is 19.3 Å². The molecule has 238 valence electrons. The molecule has 0 bridgehead atoms. The summed E-state index contributed by atoms with van der Waals surface area (Å²) in [7, 11) is 1.40. The van der Waals surface area contributed by atoms with Gasteiger partial charge in [0.15, 0.2) is 23.3 Å². The molecule has 0 unspecified atom stereocenters. The third-order valence-electron chi connectivity index (χ3n) is 6.76. The lowest BCUT2D eigenvalue weighted by Crippen LogP contribution is -2.42. The maximum Gasteiger partial charge on any atom is 0.285 e. The van der Waals surface area contributed by atoms with Crippen molar-refractivity contribution in [3.63, 3.8) is 0 Å². The van der Waals surface area contributed by atoms with Crippen LogP contribution in [0.1, 0.15) is 29.7 Å². The number of aliphatic imine (C=N–C) groups is 1. The van der Waals surface area contributed by atoms with Crippen molar-refractivity contribution in [1.29, 1.82) is 5.26 Å². The Bertz CT molecular complexity index is 1770. The molecule has 0 spiro atoms. The van der Waals surface area contributed by atoms with E-state index >= 15 is 0 Å². The molecule has 0 radical (unpaired) electrons. The van der Waals surface area contributed by atoms with Crippen LogP contribution < -0.4 is 14.8 Å². The summed E-state index contributed by atoms with van der Waals surface area (Å²) in [6, 6.07) is 23.6. The second-order valence-electron chi connectivity index (χ2n) is 9.80. The van der Waals surface area contributed by atoms with Crippen LogP contribution in [0.3, 0.4) is 0 Å². The van der Waals surface area contributed by atoms with E-state index in [0.29, 0.717) is 11.3 Å². The molecule has 4 rings (SSSR count). The molecule has 0 aromatic heterocycles. The first-order valence-electron chi connectivity index (χ1n) is 14.3. The Morgan fingerprint density at radius 2 is 1.79 bits per heavy atom. The molecular formula is C36H31ClN4O5S. The number of hydrogen-bond acceptors (Lipinski definition) is 7. The van der Waals surface area contributed by atoms with Crippen LogP contribution in [0.25, 0.3) is 6.08 Å². The van der Waals surface area contributed by atoms with Crippen molar-refractivity contribution < 1.29 is 23.9 Å². The predicted molar refractivity (Wildman–Crippen MR) is 185 cm³/mol. The minimum Gasteiger partial charge on any atom is -0.493 e. The number of amides is 3. The minimum absolute atomic E-state index is 0.0425. The van der Waals surface area contributed by atoms with Crippen LogP contribution in [0.15, 0.2) is 120 Å². The smallest absolute Gasteiger partial charge is 0.285 e. The molecule has 0 aliphatic carbocycles. The molecule has 1 heterocycles. The highest BCUT2D eigenvalue weighted by molar-refractivity contribution is 8.14. The average Bonchev–Trinajstić information content (AvgIpc) is 3.09. The molecule has 0 fully saturated rings. The zero-order valence-electron chi connectivity index (χ0n) is 25.7. The van der Waals surface area contributed by atoms with E-state index in [4.69, 9.17) is 26.3 Å². The van der Waals surface area contributed by atoms with Crippen LogP contribution in [0, 0.1) is 11.3 Å². The van der Waals surface area contributed by atoms with Gasteiger partial charge in [-0.15, -0.1) is 0 Å². The van der Waals surface area contributed by atoms with Crippen molar-refractivity contribution in [2.75, 3.05) is 19.5 Å². The van der Waals surface area contributed by atoms with E-state index < -0.39 is 17.9 Å². The van der Waals surface area contributed by atoms with Crippen molar-refractivity contribution >= 4 is 52.3 Å². The van der Waals surface area contributed by atoms with Gasteiger partial charge in [-0.05, 0) is 47.9 Å². The Hall–Kier alpha value is -5.37. The number of methoxy groups -OCH3 is 1. The van der Waals surface area contributed by atoms with Gasteiger partial charge in [0.1, 0.15) is 11.6 Å². The van der Waals surface area contributed by atoms with Crippen LogP contribution in [0.4, 0.5) is 0 Å².